The summed E-state index contributed by atoms with van der Waals surface area (Å²) in [6.07, 6.45) is 1.08. The largest absolute Gasteiger partial charge is 0.375 e. The molecule has 1 heteroatoms. The number of rotatable bonds is 5. The van der Waals surface area contributed by atoms with E-state index in [1.807, 2.05) is 0 Å². The second-order valence-corrected chi connectivity index (χ2v) is 4.65. The van der Waals surface area contributed by atoms with Crippen molar-refractivity contribution in [2.24, 2.45) is 11.8 Å². The first-order valence-electron chi connectivity index (χ1n) is 5.03. The van der Waals surface area contributed by atoms with Gasteiger partial charge >= 0.3 is 0 Å². The zero-order chi connectivity index (χ0) is 9.78. The van der Waals surface area contributed by atoms with E-state index in [0.29, 0.717) is 5.92 Å². The van der Waals surface area contributed by atoms with Crippen molar-refractivity contribution in [2.45, 2.75) is 53.6 Å². The van der Waals surface area contributed by atoms with Gasteiger partial charge in [-0.25, -0.2) is 0 Å². The zero-order valence-corrected chi connectivity index (χ0v) is 9.48. The molecule has 0 N–H and O–H groups in total. The second kappa shape index (κ2) is 4.86. The highest BCUT2D eigenvalue weighted by atomic mass is 16.5. The molecule has 0 saturated heterocycles. The molecule has 0 saturated carbocycles. The Bertz CT molecular complexity index is 116. The molecular weight excluding hydrogens is 148 g/mol. The number of ether oxygens (including phenoxy) is 1. The van der Waals surface area contributed by atoms with E-state index in [0.717, 1.165) is 18.9 Å². The maximum absolute atomic E-state index is 5.80. The molecule has 12 heavy (non-hydrogen) atoms. The van der Waals surface area contributed by atoms with Crippen molar-refractivity contribution in [3.63, 3.8) is 0 Å². The van der Waals surface area contributed by atoms with Crippen LogP contribution in [0, 0.1) is 11.8 Å². The predicted molar refractivity (Wildman–Crippen MR) is 54.3 cm³/mol. The Labute approximate surface area is 77.5 Å². The smallest absolute Gasteiger partial charge is 0.0624 e. The molecule has 0 heterocycles. The van der Waals surface area contributed by atoms with E-state index in [4.69, 9.17) is 4.74 Å². The van der Waals surface area contributed by atoms with Crippen LogP contribution in [0.2, 0.25) is 0 Å². The Morgan fingerprint density at radius 2 is 1.67 bits per heavy atom. The van der Waals surface area contributed by atoms with Crippen LogP contribution in [-0.2, 0) is 4.74 Å². The lowest BCUT2D eigenvalue weighted by Crippen LogP contribution is -2.27. The third-order valence-corrected chi connectivity index (χ3v) is 2.73. The normalized spacial score (nSPS) is 15.2. The van der Waals surface area contributed by atoms with Gasteiger partial charge in [-0.05, 0) is 32.1 Å². The fourth-order valence-electron chi connectivity index (χ4n) is 0.652. The van der Waals surface area contributed by atoms with Gasteiger partial charge in [0.25, 0.3) is 0 Å². The molecular formula is C11H24O. The Hall–Kier alpha value is -0.0400. The van der Waals surface area contributed by atoms with E-state index in [-0.39, 0.29) is 5.60 Å². The van der Waals surface area contributed by atoms with Crippen LogP contribution in [0.1, 0.15) is 48.0 Å². The van der Waals surface area contributed by atoms with Gasteiger partial charge in [0.05, 0.1) is 12.2 Å². The lowest BCUT2D eigenvalue weighted by molar-refractivity contribution is -0.0411. The Kier molecular flexibility index (Phi) is 4.84. The SMILES string of the molecule is CCC(C)(C)OCC(C)C(C)C. The molecule has 74 valence electrons. The summed E-state index contributed by atoms with van der Waals surface area (Å²) < 4.78 is 5.80. The van der Waals surface area contributed by atoms with Crippen LogP contribution in [0.5, 0.6) is 0 Å². The molecule has 0 aromatic carbocycles. The minimum absolute atomic E-state index is 0.0587. The molecule has 0 aromatic rings. The standard InChI is InChI=1S/C11H24O/c1-7-11(5,6)12-8-10(4)9(2)3/h9-10H,7-8H2,1-6H3. The molecule has 0 aliphatic heterocycles. The zero-order valence-electron chi connectivity index (χ0n) is 9.48. The molecule has 1 unspecified atom stereocenters. The Morgan fingerprint density at radius 1 is 1.17 bits per heavy atom. The predicted octanol–water partition coefficient (Wildman–Crippen LogP) is 3.48. The minimum atomic E-state index is 0.0587. The summed E-state index contributed by atoms with van der Waals surface area (Å²) >= 11 is 0. The highest BCUT2D eigenvalue weighted by Crippen LogP contribution is 2.17. The summed E-state index contributed by atoms with van der Waals surface area (Å²) in [5.74, 6) is 1.38. The molecule has 0 bridgehead atoms. The van der Waals surface area contributed by atoms with Gasteiger partial charge in [0, 0.05) is 0 Å². The van der Waals surface area contributed by atoms with Gasteiger partial charge in [-0.1, -0.05) is 27.7 Å². The van der Waals surface area contributed by atoms with Crippen LogP contribution >= 0.6 is 0 Å². The van der Waals surface area contributed by atoms with Gasteiger partial charge in [0.2, 0.25) is 0 Å². The van der Waals surface area contributed by atoms with Crippen molar-refractivity contribution in [2.75, 3.05) is 6.61 Å². The fraction of sp³-hybridized carbons (Fsp3) is 1.00. The lowest BCUT2D eigenvalue weighted by atomic mass is 9.98. The van der Waals surface area contributed by atoms with Gasteiger partial charge in [0.1, 0.15) is 0 Å². The van der Waals surface area contributed by atoms with Gasteiger partial charge in [-0.3, -0.25) is 0 Å². The first kappa shape index (κ1) is 12.0. The Balaban J connectivity index is 3.67. The maximum Gasteiger partial charge on any atom is 0.0624 e. The van der Waals surface area contributed by atoms with E-state index in [1.165, 1.54) is 0 Å². The van der Waals surface area contributed by atoms with E-state index in [2.05, 4.69) is 41.5 Å². The molecule has 0 aliphatic carbocycles. The molecule has 0 fully saturated rings. The van der Waals surface area contributed by atoms with Crippen LogP contribution in [0.3, 0.4) is 0 Å². The van der Waals surface area contributed by atoms with Crippen LogP contribution in [0.25, 0.3) is 0 Å². The van der Waals surface area contributed by atoms with Crippen LogP contribution in [0.4, 0.5) is 0 Å². The topological polar surface area (TPSA) is 9.23 Å². The van der Waals surface area contributed by atoms with Crippen molar-refractivity contribution in [1.29, 1.82) is 0 Å². The average molecular weight is 172 g/mol. The summed E-state index contributed by atoms with van der Waals surface area (Å²) in [5, 5.41) is 0. The Morgan fingerprint density at radius 3 is 2.00 bits per heavy atom. The first-order chi connectivity index (χ1) is 5.39. The second-order valence-electron chi connectivity index (χ2n) is 4.65. The van der Waals surface area contributed by atoms with E-state index < -0.39 is 0 Å². The van der Waals surface area contributed by atoms with Crippen LogP contribution < -0.4 is 0 Å². The van der Waals surface area contributed by atoms with Gasteiger partial charge < -0.3 is 4.74 Å². The van der Waals surface area contributed by atoms with Crippen molar-refractivity contribution >= 4 is 0 Å². The lowest BCUT2D eigenvalue weighted by Gasteiger charge is -2.26. The van der Waals surface area contributed by atoms with Crippen molar-refractivity contribution in [1.82, 2.24) is 0 Å². The van der Waals surface area contributed by atoms with Crippen LogP contribution in [0.15, 0.2) is 0 Å². The van der Waals surface area contributed by atoms with Gasteiger partial charge in [0.15, 0.2) is 0 Å². The van der Waals surface area contributed by atoms with E-state index >= 15 is 0 Å². The third kappa shape index (κ3) is 4.76. The summed E-state index contributed by atoms with van der Waals surface area (Å²) in [6, 6.07) is 0. The highest BCUT2D eigenvalue weighted by molar-refractivity contribution is 4.66. The summed E-state index contributed by atoms with van der Waals surface area (Å²) in [4.78, 5) is 0. The molecule has 0 rings (SSSR count). The van der Waals surface area contributed by atoms with Crippen molar-refractivity contribution in [3.05, 3.63) is 0 Å². The monoisotopic (exact) mass is 172 g/mol. The highest BCUT2D eigenvalue weighted by Gasteiger charge is 2.17. The fourth-order valence-corrected chi connectivity index (χ4v) is 0.652. The summed E-state index contributed by atoms with van der Waals surface area (Å²) in [6.45, 7) is 14.1. The molecule has 0 spiro atoms. The van der Waals surface area contributed by atoms with Crippen molar-refractivity contribution < 1.29 is 4.74 Å². The maximum atomic E-state index is 5.80. The third-order valence-electron chi connectivity index (χ3n) is 2.73. The van der Waals surface area contributed by atoms with Gasteiger partial charge in [-0.2, -0.15) is 0 Å². The molecule has 0 aliphatic rings. The molecule has 1 atom stereocenters. The quantitative estimate of drug-likeness (QED) is 0.617. The van der Waals surface area contributed by atoms with Gasteiger partial charge in [-0.15, -0.1) is 0 Å². The molecule has 1 nitrogen and oxygen atoms in total. The summed E-state index contributed by atoms with van der Waals surface area (Å²) in [7, 11) is 0. The van der Waals surface area contributed by atoms with E-state index in [1.54, 1.807) is 0 Å². The van der Waals surface area contributed by atoms with Crippen molar-refractivity contribution in [3.8, 4) is 0 Å². The average Bonchev–Trinajstić information content (AvgIpc) is 2.00. The van der Waals surface area contributed by atoms with Crippen LogP contribution in [-0.4, -0.2) is 12.2 Å². The summed E-state index contributed by atoms with van der Waals surface area (Å²) in [5.41, 5.74) is 0.0587. The number of hydrogen-bond acceptors (Lipinski definition) is 1. The molecule has 0 amide bonds. The number of hydrogen-bond donors (Lipinski definition) is 0. The van der Waals surface area contributed by atoms with E-state index in [9.17, 15) is 0 Å². The molecule has 0 radical (unpaired) electrons. The molecule has 0 aromatic heterocycles. The first-order valence-corrected chi connectivity index (χ1v) is 5.03. The minimum Gasteiger partial charge on any atom is -0.375 e.